The average molecular weight is 815 g/mol. The summed E-state index contributed by atoms with van der Waals surface area (Å²) in [4.78, 5) is 2.39. The van der Waals surface area contributed by atoms with E-state index in [9.17, 15) is 0 Å². The van der Waals surface area contributed by atoms with Crippen molar-refractivity contribution in [2.45, 2.75) is 0 Å². The molecular formula is C62H42N2. The van der Waals surface area contributed by atoms with Gasteiger partial charge in [-0.1, -0.05) is 188 Å². The van der Waals surface area contributed by atoms with E-state index in [0.717, 1.165) is 28.3 Å². The molecule has 2 nitrogen and oxygen atoms in total. The molecule has 1 aromatic heterocycles. The topological polar surface area (TPSA) is 8.17 Å². The first kappa shape index (κ1) is 37.3. The third-order valence-electron chi connectivity index (χ3n) is 12.7. The summed E-state index contributed by atoms with van der Waals surface area (Å²) >= 11 is 0. The van der Waals surface area contributed by atoms with Crippen LogP contribution in [0.2, 0.25) is 0 Å². The molecule has 11 aromatic carbocycles. The van der Waals surface area contributed by atoms with Crippen molar-refractivity contribution in [1.82, 2.24) is 4.57 Å². The molecule has 0 bridgehead atoms. The van der Waals surface area contributed by atoms with Gasteiger partial charge in [0.05, 0.1) is 11.0 Å². The molecule has 300 valence electrons. The molecule has 12 rings (SSSR count). The fraction of sp³-hybridized carbons (Fsp3) is 0. The molecule has 0 fully saturated rings. The number of hydrogen-bond donors (Lipinski definition) is 0. The molecule has 0 amide bonds. The highest BCUT2D eigenvalue weighted by Gasteiger charge is 2.21. The SMILES string of the molecule is c1ccc(-c2cccc3c4c(-c5cccc(N(c6ccc(-c7ccc8ccccc8c7)cc6)c6ccc(-c7ccc8ccccc8c7)cc6)c5)cccc4n(-c4ccccc4)c23)cc1. The molecule has 0 atom stereocenters. The Hall–Kier alpha value is -8.46. The maximum absolute atomic E-state index is 2.45. The van der Waals surface area contributed by atoms with Gasteiger partial charge in [0.1, 0.15) is 0 Å². The van der Waals surface area contributed by atoms with Gasteiger partial charge in [-0.05, 0) is 127 Å². The Bertz CT molecular complexity index is 3520. The second-order valence-electron chi connectivity index (χ2n) is 16.5. The minimum Gasteiger partial charge on any atom is -0.310 e. The van der Waals surface area contributed by atoms with E-state index in [4.69, 9.17) is 0 Å². The Morgan fingerprint density at radius 2 is 0.781 bits per heavy atom. The van der Waals surface area contributed by atoms with Crippen LogP contribution in [0.5, 0.6) is 0 Å². The quantitative estimate of drug-likeness (QED) is 0.148. The molecule has 2 heteroatoms. The molecule has 0 unspecified atom stereocenters. The van der Waals surface area contributed by atoms with Crippen LogP contribution in [-0.4, -0.2) is 4.57 Å². The van der Waals surface area contributed by atoms with E-state index in [1.165, 1.54) is 82.3 Å². The van der Waals surface area contributed by atoms with Gasteiger partial charge in [-0.2, -0.15) is 0 Å². The standard InChI is InChI=1S/C62H42N2/c1-3-16-47(17-4-1)58-25-12-26-59-61-57(24-13-27-60(61)64(62(58)59)53-21-5-2-6-22-53)52-20-11-23-56(42-52)63(54-36-32-45(33-37-54)50-30-28-43-14-7-9-18-48(43)40-50)55-38-34-46(35-39-55)51-31-29-44-15-8-10-19-49(44)41-51/h1-42H. The Balaban J connectivity index is 1.01. The summed E-state index contributed by atoms with van der Waals surface area (Å²) in [6.45, 7) is 0. The van der Waals surface area contributed by atoms with Crippen LogP contribution in [0.1, 0.15) is 0 Å². The van der Waals surface area contributed by atoms with Gasteiger partial charge in [0.15, 0.2) is 0 Å². The lowest BCUT2D eigenvalue weighted by Gasteiger charge is -2.26. The summed E-state index contributed by atoms with van der Waals surface area (Å²) in [5, 5.41) is 7.45. The highest BCUT2D eigenvalue weighted by atomic mass is 15.1. The first-order valence-electron chi connectivity index (χ1n) is 22.0. The van der Waals surface area contributed by atoms with Crippen molar-refractivity contribution in [3.8, 4) is 50.2 Å². The predicted octanol–water partition coefficient (Wildman–Crippen LogP) is 17.2. The Morgan fingerprint density at radius 3 is 1.41 bits per heavy atom. The number of anilines is 3. The highest BCUT2D eigenvalue weighted by Crippen LogP contribution is 2.44. The van der Waals surface area contributed by atoms with Crippen LogP contribution in [0.15, 0.2) is 255 Å². The highest BCUT2D eigenvalue weighted by molar-refractivity contribution is 6.19. The van der Waals surface area contributed by atoms with E-state index in [-0.39, 0.29) is 0 Å². The molecule has 1 heterocycles. The first-order valence-corrected chi connectivity index (χ1v) is 22.0. The average Bonchev–Trinajstić information content (AvgIpc) is 3.72. The van der Waals surface area contributed by atoms with E-state index in [1.807, 2.05) is 0 Å². The monoisotopic (exact) mass is 814 g/mol. The van der Waals surface area contributed by atoms with Crippen molar-refractivity contribution in [2.75, 3.05) is 4.90 Å². The Kier molecular flexibility index (Phi) is 9.20. The number of rotatable bonds is 8. The molecule has 0 aliphatic rings. The van der Waals surface area contributed by atoms with Gasteiger partial charge in [0.25, 0.3) is 0 Å². The van der Waals surface area contributed by atoms with E-state index in [1.54, 1.807) is 0 Å². The third-order valence-corrected chi connectivity index (χ3v) is 12.7. The second-order valence-corrected chi connectivity index (χ2v) is 16.5. The molecule has 64 heavy (non-hydrogen) atoms. The third kappa shape index (κ3) is 6.61. The molecule has 0 radical (unpaired) electrons. The summed E-state index contributed by atoms with van der Waals surface area (Å²) in [7, 11) is 0. The summed E-state index contributed by atoms with van der Waals surface area (Å²) in [6, 6.07) is 92.7. The summed E-state index contributed by atoms with van der Waals surface area (Å²) in [5.74, 6) is 0. The van der Waals surface area contributed by atoms with Crippen LogP contribution in [0.3, 0.4) is 0 Å². The summed E-state index contributed by atoms with van der Waals surface area (Å²) in [5.41, 5.74) is 16.3. The van der Waals surface area contributed by atoms with Crippen LogP contribution < -0.4 is 4.90 Å². The molecule has 0 N–H and O–H groups in total. The second kappa shape index (κ2) is 15.8. The number of nitrogens with zero attached hydrogens (tertiary/aromatic N) is 2. The smallest absolute Gasteiger partial charge is 0.0619 e. The number of para-hydroxylation sites is 2. The maximum Gasteiger partial charge on any atom is 0.0619 e. The van der Waals surface area contributed by atoms with Crippen LogP contribution in [-0.2, 0) is 0 Å². The Labute approximate surface area is 373 Å². The van der Waals surface area contributed by atoms with Gasteiger partial charge in [-0.15, -0.1) is 0 Å². The van der Waals surface area contributed by atoms with Crippen molar-refractivity contribution < 1.29 is 0 Å². The molecule has 12 aromatic rings. The van der Waals surface area contributed by atoms with E-state index in [2.05, 4.69) is 264 Å². The van der Waals surface area contributed by atoms with Crippen LogP contribution in [0, 0.1) is 0 Å². The molecule has 0 saturated heterocycles. The minimum atomic E-state index is 1.09. The van der Waals surface area contributed by atoms with Gasteiger partial charge < -0.3 is 9.47 Å². The van der Waals surface area contributed by atoms with Gasteiger partial charge in [0.2, 0.25) is 0 Å². The number of hydrogen-bond acceptors (Lipinski definition) is 1. The number of fused-ring (bicyclic) bond motifs is 5. The molecule has 0 aliphatic heterocycles. The fourth-order valence-corrected chi connectivity index (χ4v) is 9.66. The zero-order valence-electron chi connectivity index (χ0n) is 35.1. The van der Waals surface area contributed by atoms with Crippen molar-refractivity contribution in [3.63, 3.8) is 0 Å². The minimum absolute atomic E-state index is 1.09. The Morgan fingerprint density at radius 1 is 0.281 bits per heavy atom. The molecule has 0 spiro atoms. The lowest BCUT2D eigenvalue weighted by atomic mass is 9.96. The first-order chi connectivity index (χ1) is 31.7. The van der Waals surface area contributed by atoms with Gasteiger partial charge in [-0.3, -0.25) is 0 Å². The van der Waals surface area contributed by atoms with Gasteiger partial charge in [-0.25, -0.2) is 0 Å². The molecular weight excluding hydrogens is 773 g/mol. The van der Waals surface area contributed by atoms with E-state index < -0.39 is 0 Å². The van der Waals surface area contributed by atoms with Gasteiger partial charge >= 0.3 is 0 Å². The predicted molar refractivity (Wildman–Crippen MR) is 272 cm³/mol. The van der Waals surface area contributed by atoms with E-state index in [0.29, 0.717) is 0 Å². The van der Waals surface area contributed by atoms with Crippen LogP contribution >= 0.6 is 0 Å². The zero-order valence-corrected chi connectivity index (χ0v) is 35.1. The lowest BCUT2D eigenvalue weighted by Crippen LogP contribution is -2.10. The molecule has 0 saturated carbocycles. The van der Waals surface area contributed by atoms with Gasteiger partial charge in [0, 0.05) is 39.1 Å². The van der Waals surface area contributed by atoms with Crippen LogP contribution in [0.25, 0.3) is 93.5 Å². The maximum atomic E-state index is 2.45. The summed E-state index contributed by atoms with van der Waals surface area (Å²) in [6.07, 6.45) is 0. The van der Waals surface area contributed by atoms with Crippen molar-refractivity contribution in [3.05, 3.63) is 255 Å². The lowest BCUT2D eigenvalue weighted by molar-refractivity contribution is 1.18. The molecule has 0 aliphatic carbocycles. The summed E-state index contributed by atoms with van der Waals surface area (Å²) < 4.78 is 2.45. The zero-order chi connectivity index (χ0) is 42.4. The van der Waals surface area contributed by atoms with Crippen molar-refractivity contribution >= 4 is 60.4 Å². The van der Waals surface area contributed by atoms with Crippen LogP contribution in [0.4, 0.5) is 17.1 Å². The normalized spacial score (nSPS) is 11.4. The number of aromatic nitrogens is 1. The fourth-order valence-electron chi connectivity index (χ4n) is 9.66. The number of benzene rings is 11. The van der Waals surface area contributed by atoms with Crippen molar-refractivity contribution in [2.24, 2.45) is 0 Å². The van der Waals surface area contributed by atoms with Crippen molar-refractivity contribution in [1.29, 1.82) is 0 Å². The van der Waals surface area contributed by atoms with E-state index >= 15 is 0 Å². The largest absolute Gasteiger partial charge is 0.310 e.